The van der Waals surface area contributed by atoms with E-state index in [0.29, 0.717) is 5.82 Å². The van der Waals surface area contributed by atoms with Crippen LogP contribution in [0.1, 0.15) is 47.2 Å². The third kappa shape index (κ3) is 3.32. The van der Waals surface area contributed by atoms with Crippen LogP contribution in [0, 0.1) is 0 Å². The second-order valence-electron chi connectivity index (χ2n) is 6.45. The topological polar surface area (TPSA) is 67.2 Å². The molecule has 2 N–H and O–H groups in total. The number of aliphatic hydroxyl groups excluding tert-OH is 1. The lowest BCUT2D eigenvalue weighted by atomic mass is 9.92. The molecule has 18 heavy (non-hydrogen) atoms. The van der Waals surface area contributed by atoms with E-state index < -0.39 is 12.5 Å². The summed E-state index contributed by atoms with van der Waals surface area (Å²) >= 11 is 0. The van der Waals surface area contributed by atoms with Gasteiger partial charge in [0, 0.05) is 11.5 Å². The van der Waals surface area contributed by atoms with Crippen LogP contribution in [0.3, 0.4) is 0 Å². The summed E-state index contributed by atoms with van der Waals surface area (Å²) in [6.45, 7) is 11.7. The monoisotopic (exact) mass is 253 g/mol. The van der Waals surface area contributed by atoms with Crippen LogP contribution in [0.2, 0.25) is 0 Å². The molecule has 0 fully saturated rings. The third-order valence-corrected chi connectivity index (χ3v) is 2.52. The second-order valence-corrected chi connectivity index (χ2v) is 6.45. The average Bonchev–Trinajstić information content (AvgIpc) is 2.60. The minimum Gasteiger partial charge on any atom is -0.387 e. The third-order valence-electron chi connectivity index (χ3n) is 2.52. The molecule has 0 saturated heterocycles. The normalized spacial score (nSPS) is 12.6. The summed E-state index contributed by atoms with van der Waals surface area (Å²) in [5.41, 5.74) is 0.585. The Kier molecular flexibility index (Phi) is 3.86. The largest absolute Gasteiger partial charge is 0.387 e. The zero-order valence-corrected chi connectivity index (χ0v) is 12.0. The van der Waals surface area contributed by atoms with Crippen LogP contribution < -0.4 is 5.32 Å². The first-order chi connectivity index (χ1) is 8.05. The van der Waals surface area contributed by atoms with Gasteiger partial charge in [-0.3, -0.25) is 4.79 Å². The Hall–Kier alpha value is -1.36. The highest BCUT2D eigenvalue weighted by Gasteiger charge is 2.25. The molecule has 102 valence electrons. The number of amides is 1. The predicted molar refractivity (Wildman–Crippen MR) is 71.6 cm³/mol. The number of nitrogens with one attached hydrogen (secondary N) is 1. The van der Waals surface area contributed by atoms with Gasteiger partial charge in [0.25, 0.3) is 5.91 Å². The lowest BCUT2D eigenvalue weighted by Gasteiger charge is -2.22. The summed E-state index contributed by atoms with van der Waals surface area (Å²) in [5.74, 6) is 0.187. The number of hydrogen-bond donors (Lipinski definition) is 2. The molecule has 0 radical (unpaired) electrons. The van der Waals surface area contributed by atoms with Crippen molar-refractivity contribution < 1.29 is 9.90 Å². The van der Waals surface area contributed by atoms with Gasteiger partial charge in [-0.15, -0.1) is 0 Å². The molecule has 1 heterocycles. The van der Waals surface area contributed by atoms with E-state index in [4.69, 9.17) is 5.11 Å². The van der Waals surface area contributed by atoms with Gasteiger partial charge in [-0.1, -0.05) is 20.8 Å². The van der Waals surface area contributed by atoms with Crippen LogP contribution in [0.5, 0.6) is 0 Å². The van der Waals surface area contributed by atoms with Gasteiger partial charge in [-0.25, -0.2) is 4.68 Å². The highest BCUT2D eigenvalue weighted by molar-refractivity contribution is 5.90. The molecule has 0 unspecified atom stereocenters. The number of rotatable bonds is 2. The highest BCUT2D eigenvalue weighted by Crippen LogP contribution is 2.28. The van der Waals surface area contributed by atoms with Crippen LogP contribution in [0.4, 0.5) is 5.82 Å². The molecule has 1 amide bonds. The minimum atomic E-state index is -0.528. The SMILES string of the molecule is CC(C)(C)c1cc(NC(=O)CO)n(C(C)(C)C)n1. The number of aromatic nitrogens is 2. The van der Waals surface area contributed by atoms with Gasteiger partial charge >= 0.3 is 0 Å². The number of nitrogens with zero attached hydrogens (tertiary/aromatic N) is 2. The smallest absolute Gasteiger partial charge is 0.251 e. The van der Waals surface area contributed by atoms with E-state index in [-0.39, 0.29) is 11.0 Å². The van der Waals surface area contributed by atoms with Crippen molar-refractivity contribution >= 4 is 11.7 Å². The molecule has 5 heteroatoms. The lowest BCUT2D eigenvalue weighted by molar-refractivity contribution is -0.118. The molecule has 5 nitrogen and oxygen atoms in total. The molecule has 0 aliphatic carbocycles. The van der Waals surface area contributed by atoms with Crippen LogP contribution in [0.15, 0.2) is 6.07 Å². The van der Waals surface area contributed by atoms with E-state index >= 15 is 0 Å². The van der Waals surface area contributed by atoms with Crippen LogP contribution in [-0.2, 0) is 15.7 Å². The molecule has 0 aliphatic heterocycles. The van der Waals surface area contributed by atoms with E-state index in [1.807, 2.05) is 26.8 Å². The van der Waals surface area contributed by atoms with Crippen molar-refractivity contribution in [1.29, 1.82) is 0 Å². The summed E-state index contributed by atoms with van der Waals surface area (Å²) in [6.07, 6.45) is 0. The van der Waals surface area contributed by atoms with Crippen molar-refractivity contribution in [1.82, 2.24) is 9.78 Å². The molecule has 0 saturated carbocycles. The Morgan fingerprint density at radius 2 is 1.89 bits per heavy atom. The van der Waals surface area contributed by atoms with Crippen molar-refractivity contribution in [2.45, 2.75) is 52.5 Å². The van der Waals surface area contributed by atoms with E-state index in [2.05, 4.69) is 31.2 Å². The number of carbonyl (C=O) groups is 1. The fourth-order valence-corrected chi connectivity index (χ4v) is 1.53. The molecule has 1 rings (SSSR count). The molecule has 0 atom stereocenters. The Balaban J connectivity index is 3.22. The van der Waals surface area contributed by atoms with Gasteiger partial charge in [0.15, 0.2) is 0 Å². The van der Waals surface area contributed by atoms with Crippen molar-refractivity contribution in [3.05, 3.63) is 11.8 Å². The zero-order valence-electron chi connectivity index (χ0n) is 12.0. The highest BCUT2D eigenvalue weighted by atomic mass is 16.3. The minimum absolute atomic E-state index is 0.0881. The van der Waals surface area contributed by atoms with Crippen molar-refractivity contribution in [2.75, 3.05) is 11.9 Å². The Morgan fingerprint density at radius 1 is 1.33 bits per heavy atom. The molecule has 1 aromatic rings. The summed E-state index contributed by atoms with van der Waals surface area (Å²) in [7, 11) is 0. The van der Waals surface area contributed by atoms with E-state index in [9.17, 15) is 4.79 Å². The number of carbonyl (C=O) groups excluding carboxylic acids is 1. The molecule has 0 aromatic carbocycles. The van der Waals surface area contributed by atoms with Gasteiger partial charge in [0.2, 0.25) is 0 Å². The van der Waals surface area contributed by atoms with Gasteiger partial charge < -0.3 is 10.4 Å². The lowest BCUT2D eigenvalue weighted by Crippen LogP contribution is -2.28. The van der Waals surface area contributed by atoms with Gasteiger partial charge in [0.05, 0.1) is 11.2 Å². The van der Waals surface area contributed by atoms with Gasteiger partial charge in [0.1, 0.15) is 12.4 Å². The van der Waals surface area contributed by atoms with Crippen molar-refractivity contribution in [3.63, 3.8) is 0 Å². The summed E-state index contributed by atoms with van der Waals surface area (Å²) in [5, 5.41) is 16.0. The zero-order chi connectivity index (χ0) is 14.1. The van der Waals surface area contributed by atoms with Crippen LogP contribution >= 0.6 is 0 Å². The maximum atomic E-state index is 11.3. The molecule has 0 aliphatic rings. The maximum Gasteiger partial charge on any atom is 0.251 e. The predicted octanol–water partition coefficient (Wildman–Crippen LogP) is 1.87. The van der Waals surface area contributed by atoms with Crippen LogP contribution in [-0.4, -0.2) is 27.4 Å². The number of anilines is 1. The first-order valence-electron chi connectivity index (χ1n) is 6.07. The number of aliphatic hydroxyl groups is 1. The van der Waals surface area contributed by atoms with Crippen molar-refractivity contribution in [3.8, 4) is 0 Å². The Labute approximate surface area is 108 Å². The summed E-state index contributed by atoms with van der Waals surface area (Å²) < 4.78 is 1.78. The Bertz CT molecular complexity index is 436. The van der Waals surface area contributed by atoms with E-state index in [1.54, 1.807) is 4.68 Å². The molecule has 1 aromatic heterocycles. The quantitative estimate of drug-likeness (QED) is 0.845. The van der Waals surface area contributed by atoms with Gasteiger partial charge in [-0.05, 0) is 20.8 Å². The standard InChI is InChI=1S/C13H23N3O2/c1-12(2,3)9-7-10(14-11(18)8-17)16(15-9)13(4,5)6/h7,17H,8H2,1-6H3,(H,14,18). The van der Waals surface area contributed by atoms with Crippen molar-refractivity contribution in [2.24, 2.45) is 0 Å². The molecule has 0 spiro atoms. The molecular formula is C13H23N3O2. The fraction of sp³-hybridized carbons (Fsp3) is 0.692. The Morgan fingerprint density at radius 3 is 2.28 bits per heavy atom. The fourth-order valence-electron chi connectivity index (χ4n) is 1.53. The summed E-state index contributed by atoms with van der Waals surface area (Å²) in [6, 6.07) is 1.86. The van der Waals surface area contributed by atoms with E-state index in [1.165, 1.54) is 0 Å². The van der Waals surface area contributed by atoms with Crippen LogP contribution in [0.25, 0.3) is 0 Å². The van der Waals surface area contributed by atoms with Gasteiger partial charge in [-0.2, -0.15) is 5.10 Å². The molecule has 0 bridgehead atoms. The first-order valence-corrected chi connectivity index (χ1v) is 6.07. The maximum absolute atomic E-state index is 11.3. The second kappa shape index (κ2) is 4.72. The molecular weight excluding hydrogens is 230 g/mol. The average molecular weight is 253 g/mol. The summed E-state index contributed by atoms with van der Waals surface area (Å²) in [4.78, 5) is 11.3. The number of hydrogen-bond acceptors (Lipinski definition) is 3. The first kappa shape index (κ1) is 14.7. The van der Waals surface area contributed by atoms with E-state index in [0.717, 1.165) is 5.69 Å².